The lowest BCUT2D eigenvalue weighted by Crippen LogP contribution is -2.00. The summed E-state index contributed by atoms with van der Waals surface area (Å²) in [4.78, 5) is 4.97. The lowest BCUT2D eigenvalue weighted by atomic mass is 10.2. The third-order valence-corrected chi connectivity index (χ3v) is 3.50. The summed E-state index contributed by atoms with van der Waals surface area (Å²) >= 11 is 0. The van der Waals surface area contributed by atoms with E-state index in [1.807, 2.05) is 60.7 Å². The Bertz CT molecular complexity index is 836. The van der Waals surface area contributed by atoms with Crippen LogP contribution in [0.15, 0.2) is 74.7 Å². The van der Waals surface area contributed by atoms with Crippen LogP contribution in [0.2, 0.25) is 0 Å². The molecule has 0 aliphatic rings. The van der Waals surface area contributed by atoms with Gasteiger partial charge in [-0.05, 0) is 24.3 Å². The van der Waals surface area contributed by atoms with Crippen molar-refractivity contribution in [2.45, 2.75) is 0 Å². The predicted octanol–water partition coefficient (Wildman–Crippen LogP) is 4.58. The van der Waals surface area contributed by atoms with Crippen LogP contribution >= 0.6 is 0 Å². The number of nitrogens with zero attached hydrogens (tertiary/aromatic N) is 1. The first-order valence-corrected chi connectivity index (χ1v) is 6.94. The molecule has 0 bridgehead atoms. The Morgan fingerprint density at radius 3 is 1.77 bits per heavy atom. The van der Waals surface area contributed by atoms with Crippen LogP contribution in [0, 0.1) is 0 Å². The topological polar surface area (TPSA) is 47.9 Å². The molecule has 0 unspecified atom stereocenters. The lowest BCUT2D eigenvalue weighted by molar-refractivity contribution is 0.212. The second-order valence-corrected chi connectivity index (χ2v) is 4.92. The van der Waals surface area contributed by atoms with Crippen molar-refractivity contribution in [3.63, 3.8) is 0 Å². The number of rotatable bonds is 3. The Balaban J connectivity index is 1.88. The molecule has 0 radical (unpaired) electrons. The Kier molecular flexibility index (Phi) is 2.93. The highest BCUT2D eigenvalue weighted by Gasteiger charge is 2.18. The molecule has 4 nitrogen and oxygen atoms in total. The highest BCUT2D eigenvalue weighted by Crippen LogP contribution is 2.25. The van der Waals surface area contributed by atoms with Gasteiger partial charge in [-0.15, -0.1) is 0 Å². The second kappa shape index (κ2) is 5.07. The van der Waals surface area contributed by atoms with Crippen molar-refractivity contribution in [2.75, 3.05) is 7.11 Å². The van der Waals surface area contributed by atoms with Gasteiger partial charge in [-0.3, -0.25) is 0 Å². The molecule has 4 heteroatoms. The maximum absolute atomic E-state index is 5.86. The molecule has 4 rings (SSSR count). The predicted molar refractivity (Wildman–Crippen MR) is 85.1 cm³/mol. The Morgan fingerprint density at radius 1 is 0.818 bits per heavy atom. The van der Waals surface area contributed by atoms with Crippen LogP contribution in [0.4, 0.5) is 0 Å². The highest BCUT2D eigenvalue weighted by molar-refractivity contribution is 6.12. The molecule has 0 spiro atoms. The van der Waals surface area contributed by atoms with Gasteiger partial charge in [-0.2, -0.15) is 0 Å². The van der Waals surface area contributed by atoms with Gasteiger partial charge in [0.1, 0.15) is 18.3 Å². The van der Waals surface area contributed by atoms with Crippen molar-refractivity contribution in [3.05, 3.63) is 72.2 Å². The number of hydrogen-bond donors (Lipinski definition) is 0. The van der Waals surface area contributed by atoms with E-state index in [1.54, 1.807) is 0 Å². The number of fused-ring (bicyclic) bond motifs is 2. The summed E-state index contributed by atoms with van der Waals surface area (Å²) in [5.74, 6) is 1.23. The van der Waals surface area contributed by atoms with Crippen LogP contribution in [0.25, 0.3) is 21.9 Å². The zero-order chi connectivity index (χ0) is 14.9. The lowest BCUT2D eigenvalue weighted by Gasteiger charge is -1.98. The number of para-hydroxylation sites is 2. The van der Waals surface area contributed by atoms with Crippen LogP contribution in [-0.2, 0) is 4.84 Å². The Morgan fingerprint density at radius 2 is 1.32 bits per heavy atom. The van der Waals surface area contributed by atoms with E-state index in [4.69, 9.17) is 13.7 Å². The summed E-state index contributed by atoms with van der Waals surface area (Å²) < 4.78 is 11.7. The van der Waals surface area contributed by atoms with Crippen molar-refractivity contribution >= 4 is 27.7 Å². The number of furan rings is 2. The van der Waals surface area contributed by atoms with Gasteiger partial charge in [0.25, 0.3) is 0 Å². The second-order valence-electron chi connectivity index (χ2n) is 4.92. The number of hydrogen-bond acceptors (Lipinski definition) is 4. The maximum Gasteiger partial charge on any atom is 0.187 e. The fourth-order valence-electron chi connectivity index (χ4n) is 2.50. The zero-order valence-electron chi connectivity index (χ0n) is 11.9. The van der Waals surface area contributed by atoms with Crippen LogP contribution in [0.5, 0.6) is 0 Å². The van der Waals surface area contributed by atoms with Crippen LogP contribution in [0.3, 0.4) is 0 Å². The summed E-state index contributed by atoms with van der Waals surface area (Å²) in [6.45, 7) is 0. The molecule has 0 N–H and O–H groups in total. The van der Waals surface area contributed by atoms with Crippen molar-refractivity contribution in [3.8, 4) is 0 Å². The molecular weight excluding hydrogens is 278 g/mol. The first kappa shape index (κ1) is 12.7. The SMILES string of the molecule is CON=C(c1cc2ccccc2o1)c1cc2ccccc2o1. The van der Waals surface area contributed by atoms with Gasteiger partial charge in [-0.1, -0.05) is 41.6 Å². The molecule has 0 amide bonds. The summed E-state index contributed by atoms with van der Waals surface area (Å²) in [6.07, 6.45) is 0. The minimum Gasteiger partial charge on any atom is -0.454 e. The third-order valence-electron chi connectivity index (χ3n) is 3.50. The maximum atomic E-state index is 5.86. The van der Waals surface area contributed by atoms with Gasteiger partial charge >= 0.3 is 0 Å². The molecule has 2 heterocycles. The first-order chi connectivity index (χ1) is 10.8. The smallest absolute Gasteiger partial charge is 0.187 e. The van der Waals surface area contributed by atoms with Gasteiger partial charge in [0, 0.05) is 10.8 Å². The van der Waals surface area contributed by atoms with E-state index in [0.717, 1.165) is 21.9 Å². The van der Waals surface area contributed by atoms with E-state index in [2.05, 4.69) is 5.16 Å². The summed E-state index contributed by atoms with van der Waals surface area (Å²) in [6, 6.07) is 19.5. The fourth-order valence-corrected chi connectivity index (χ4v) is 2.50. The Hall–Kier alpha value is -3.01. The van der Waals surface area contributed by atoms with Crippen LogP contribution < -0.4 is 0 Å². The summed E-state index contributed by atoms with van der Waals surface area (Å²) in [5, 5.41) is 6.11. The fraction of sp³-hybridized carbons (Fsp3) is 0.0556. The molecule has 0 aliphatic carbocycles. The minimum atomic E-state index is 0.537. The van der Waals surface area contributed by atoms with E-state index in [1.165, 1.54) is 7.11 Å². The van der Waals surface area contributed by atoms with E-state index >= 15 is 0 Å². The van der Waals surface area contributed by atoms with E-state index in [-0.39, 0.29) is 0 Å². The van der Waals surface area contributed by atoms with Gasteiger partial charge in [0.05, 0.1) is 0 Å². The number of oxime groups is 1. The van der Waals surface area contributed by atoms with Crippen LogP contribution in [0.1, 0.15) is 11.5 Å². The van der Waals surface area contributed by atoms with Gasteiger partial charge in [-0.25, -0.2) is 0 Å². The largest absolute Gasteiger partial charge is 0.454 e. The molecule has 0 fully saturated rings. The molecule has 22 heavy (non-hydrogen) atoms. The zero-order valence-corrected chi connectivity index (χ0v) is 11.9. The van der Waals surface area contributed by atoms with Gasteiger partial charge in [0.2, 0.25) is 0 Å². The number of benzene rings is 2. The highest BCUT2D eigenvalue weighted by atomic mass is 16.6. The van der Waals surface area contributed by atoms with Crippen molar-refractivity contribution < 1.29 is 13.7 Å². The standard InChI is InChI=1S/C18H13NO3/c1-20-19-18(16-10-12-6-2-4-8-14(12)21-16)17-11-13-7-3-5-9-15(13)22-17/h2-11H,1H3. The van der Waals surface area contributed by atoms with Crippen LogP contribution in [-0.4, -0.2) is 12.8 Å². The average molecular weight is 291 g/mol. The molecule has 108 valence electrons. The Labute approximate surface area is 126 Å². The molecule has 0 saturated heterocycles. The van der Waals surface area contributed by atoms with Gasteiger partial charge in [0.15, 0.2) is 17.2 Å². The van der Waals surface area contributed by atoms with Crippen molar-refractivity contribution in [1.82, 2.24) is 0 Å². The molecule has 4 aromatic rings. The minimum absolute atomic E-state index is 0.537. The van der Waals surface area contributed by atoms with Crippen molar-refractivity contribution in [1.29, 1.82) is 0 Å². The molecule has 0 aliphatic heterocycles. The average Bonchev–Trinajstić information content (AvgIpc) is 3.15. The quantitative estimate of drug-likeness (QED) is 0.410. The first-order valence-electron chi connectivity index (χ1n) is 6.94. The van der Waals surface area contributed by atoms with Gasteiger partial charge < -0.3 is 13.7 Å². The van der Waals surface area contributed by atoms with E-state index in [0.29, 0.717) is 17.2 Å². The monoisotopic (exact) mass is 291 g/mol. The molecular formula is C18H13NO3. The van der Waals surface area contributed by atoms with Crippen molar-refractivity contribution in [2.24, 2.45) is 5.16 Å². The summed E-state index contributed by atoms with van der Waals surface area (Å²) in [5.41, 5.74) is 2.14. The molecule has 2 aromatic carbocycles. The molecule has 0 saturated carbocycles. The molecule has 0 atom stereocenters. The normalized spacial score (nSPS) is 11.0. The summed E-state index contributed by atoms with van der Waals surface area (Å²) in [7, 11) is 1.51. The third kappa shape index (κ3) is 2.05. The molecule has 2 aromatic heterocycles. The van der Waals surface area contributed by atoms with E-state index in [9.17, 15) is 0 Å². The van der Waals surface area contributed by atoms with E-state index < -0.39 is 0 Å².